The van der Waals surface area contributed by atoms with Gasteiger partial charge in [-0.1, -0.05) is 28.1 Å². The third-order valence-electron chi connectivity index (χ3n) is 3.20. The Morgan fingerprint density at radius 1 is 1.25 bits per heavy atom. The molecule has 118 valence electrons. The number of nitriles is 1. The second-order valence-electron chi connectivity index (χ2n) is 4.87. The summed E-state index contributed by atoms with van der Waals surface area (Å²) in [5, 5.41) is 14.9. The Labute approximate surface area is 151 Å². The highest BCUT2D eigenvalue weighted by atomic mass is 79.9. The lowest BCUT2D eigenvalue weighted by Crippen LogP contribution is -1.91. The average molecular weight is 400 g/mol. The standard InChI is InChI=1S/C18H11BrFN3S/c19-14-3-1-2-12(8-14)17-11-24-18(23-17)13(9-21)10-22-16-6-4-15(20)5-7-16/h1-8,10-11,22H. The van der Waals surface area contributed by atoms with Crippen molar-refractivity contribution in [2.45, 2.75) is 0 Å². The summed E-state index contributed by atoms with van der Waals surface area (Å²) in [6.45, 7) is 0. The largest absolute Gasteiger partial charge is 0.360 e. The van der Waals surface area contributed by atoms with Crippen LogP contribution in [0.3, 0.4) is 0 Å². The van der Waals surface area contributed by atoms with Crippen LogP contribution in [0.5, 0.6) is 0 Å². The molecule has 0 saturated carbocycles. The van der Waals surface area contributed by atoms with E-state index in [4.69, 9.17) is 0 Å². The highest BCUT2D eigenvalue weighted by Gasteiger charge is 2.09. The molecule has 1 aromatic heterocycles. The SMILES string of the molecule is N#CC(=CNc1ccc(F)cc1)c1nc(-c2cccc(Br)c2)cs1. The van der Waals surface area contributed by atoms with Gasteiger partial charge in [0.25, 0.3) is 0 Å². The quantitative estimate of drug-likeness (QED) is 0.573. The highest BCUT2D eigenvalue weighted by Crippen LogP contribution is 2.27. The fourth-order valence-corrected chi connectivity index (χ4v) is 3.22. The molecule has 2 aromatic carbocycles. The van der Waals surface area contributed by atoms with E-state index in [0.717, 1.165) is 15.7 Å². The lowest BCUT2D eigenvalue weighted by atomic mass is 10.2. The molecule has 0 aliphatic carbocycles. The number of thiazole rings is 1. The molecule has 1 heterocycles. The Bertz CT molecular complexity index is 926. The number of nitrogens with one attached hydrogen (secondary N) is 1. The smallest absolute Gasteiger partial charge is 0.136 e. The van der Waals surface area contributed by atoms with Crippen molar-refractivity contribution in [1.82, 2.24) is 4.98 Å². The molecule has 0 amide bonds. The number of rotatable bonds is 4. The third-order valence-corrected chi connectivity index (χ3v) is 4.57. The van der Waals surface area contributed by atoms with E-state index in [2.05, 4.69) is 32.3 Å². The summed E-state index contributed by atoms with van der Waals surface area (Å²) in [6.07, 6.45) is 1.58. The number of nitrogens with zero attached hydrogens (tertiary/aromatic N) is 2. The summed E-state index contributed by atoms with van der Waals surface area (Å²) in [6, 6.07) is 15.9. The number of hydrogen-bond acceptors (Lipinski definition) is 4. The zero-order valence-electron chi connectivity index (χ0n) is 12.3. The summed E-state index contributed by atoms with van der Waals surface area (Å²) in [4.78, 5) is 4.53. The Hall–Kier alpha value is -2.49. The van der Waals surface area contributed by atoms with Crippen LogP contribution in [0.2, 0.25) is 0 Å². The van der Waals surface area contributed by atoms with Crippen molar-refractivity contribution in [3.63, 3.8) is 0 Å². The summed E-state index contributed by atoms with van der Waals surface area (Å²) in [5.41, 5.74) is 2.92. The van der Waals surface area contributed by atoms with Crippen molar-refractivity contribution in [3.8, 4) is 17.3 Å². The maximum Gasteiger partial charge on any atom is 0.136 e. The van der Waals surface area contributed by atoms with Gasteiger partial charge in [-0.2, -0.15) is 5.26 Å². The van der Waals surface area contributed by atoms with Gasteiger partial charge in [-0.05, 0) is 36.4 Å². The van der Waals surface area contributed by atoms with Crippen molar-refractivity contribution in [3.05, 3.63) is 75.4 Å². The molecule has 0 bridgehead atoms. The van der Waals surface area contributed by atoms with Crippen LogP contribution in [0, 0.1) is 17.1 Å². The molecule has 24 heavy (non-hydrogen) atoms. The lowest BCUT2D eigenvalue weighted by Gasteiger charge is -2.01. The molecule has 0 aliphatic heterocycles. The van der Waals surface area contributed by atoms with Crippen molar-refractivity contribution < 1.29 is 4.39 Å². The van der Waals surface area contributed by atoms with E-state index in [1.54, 1.807) is 18.3 Å². The maximum absolute atomic E-state index is 12.9. The molecular weight excluding hydrogens is 389 g/mol. The van der Waals surface area contributed by atoms with Crippen molar-refractivity contribution in [2.75, 3.05) is 5.32 Å². The first-order valence-electron chi connectivity index (χ1n) is 7.00. The second-order valence-corrected chi connectivity index (χ2v) is 6.64. The van der Waals surface area contributed by atoms with Gasteiger partial charge in [-0.25, -0.2) is 9.37 Å². The fraction of sp³-hybridized carbons (Fsp3) is 0. The van der Waals surface area contributed by atoms with Crippen LogP contribution in [-0.2, 0) is 0 Å². The van der Waals surface area contributed by atoms with Crippen LogP contribution >= 0.6 is 27.3 Å². The van der Waals surface area contributed by atoms with E-state index in [1.807, 2.05) is 29.6 Å². The lowest BCUT2D eigenvalue weighted by molar-refractivity contribution is 0.628. The Morgan fingerprint density at radius 3 is 2.75 bits per heavy atom. The maximum atomic E-state index is 12.9. The van der Waals surface area contributed by atoms with E-state index < -0.39 is 0 Å². The van der Waals surface area contributed by atoms with E-state index >= 15 is 0 Å². The van der Waals surface area contributed by atoms with Gasteiger partial charge >= 0.3 is 0 Å². The third kappa shape index (κ3) is 3.88. The van der Waals surface area contributed by atoms with Crippen LogP contribution in [0.25, 0.3) is 16.8 Å². The normalized spacial score (nSPS) is 11.1. The molecule has 0 atom stereocenters. The first kappa shape index (κ1) is 16.4. The van der Waals surface area contributed by atoms with Crippen LogP contribution in [0.15, 0.2) is 64.6 Å². The zero-order chi connectivity index (χ0) is 16.9. The van der Waals surface area contributed by atoms with Gasteiger partial charge in [0.15, 0.2) is 0 Å². The number of benzene rings is 2. The van der Waals surface area contributed by atoms with Crippen LogP contribution in [0.4, 0.5) is 10.1 Å². The molecule has 3 nitrogen and oxygen atoms in total. The topological polar surface area (TPSA) is 48.7 Å². The first-order chi connectivity index (χ1) is 11.7. The highest BCUT2D eigenvalue weighted by molar-refractivity contribution is 9.10. The molecule has 6 heteroatoms. The Balaban J connectivity index is 1.83. The van der Waals surface area contributed by atoms with E-state index in [9.17, 15) is 9.65 Å². The number of allylic oxidation sites excluding steroid dienone is 1. The van der Waals surface area contributed by atoms with Gasteiger partial charge in [0.1, 0.15) is 22.5 Å². The molecule has 0 aliphatic rings. The van der Waals surface area contributed by atoms with Crippen LogP contribution in [-0.4, -0.2) is 4.98 Å². The Kier molecular flexibility index (Phi) is 5.04. The average Bonchev–Trinajstić information content (AvgIpc) is 3.07. The predicted octanol–water partition coefficient (Wildman–Crippen LogP) is 5.69. The van der Waals surface area contributed by atoms with Gasteiger partial charge in [0, 0.05) is 27.3 Å². The van der Waals surface area contributed by atoms with Crippen molar-refractivity contribution in [1.29, 1.82) is 5.26 Å². The molecule has 0 fully saturated rings. The monoisotopic (exact) mass is 399 g/mol. The van der Waals surface area contributed by atoms with Gasteiger partial charge in [0.2, 0.25) is 0 Å². The number of hydrogen-bond donors (Lipinski definition) is 1. The number of anilines is 1. The summed E-state index contributed by atoms with van der Waals surface area (Å²) < 4.78 is 13.9. The van der Waals surface area contributed by atoms with Crippen LogP contribution in [0.1, 0.15) is 5.01 Å². The van der Waals surface area contributed by atoms with Gasteiger partial charge in [-0.3, -0.25) is 0 Å². The Morgan fingerprint density at radius 2 is 2.04 bits per heavy atom. The van der Waals surface area contributed by atoms with Crippen LogP contribution < -0.4 is 5.32 Å². The molecule has 1 N–H and O–H groups in total. The molecule has 0 spiro atoms. The summed E-state index contributed by atoms with van der Waals surface area (Å²) in [7, 11) is 0. The molecular formula is C18H11BrFN3S. The number of halogens is 2. The minimum absolute atomic E-state index is 0.302. The molecule has 3 aromatic rings. The van der Waals surface area contributed by atoms with Gasteiger partial charge in [0.05, 0.1) is 5.69 Å². The minimum Gasteiger partial charge on any atom is -0.360 e. The summed E-state index contributed by atoms with van der Waals surface area (Å²) in [5.74, 6) is -0.302. The van der Waals surface area contributed by atoms with E-state index in [0.29, 0.717) is 16.3 Å². The van der Waals surface area contributed by atoms with E-state index in [1.165, 1.54) is 23.5 Å². The van der Waals surface area contributed by atoms with Crippen molar-refractivity contribution in [2.24, 2.45) is 0 Å². The molecule has 0 unspecified atom stereocenters. The molecule has 0 radical (unpaired) electrons. The van der Waals surface area contributed by atoms with E-state index in [-0.39, 0.29) is 5.82 Å². The predicted molar refractivity (Wildman–Crippen MR) is 98.9 cm³/mol. The number of aromatic nitrogens is 1. The molecule has 3 rings (SSSR count). The second kappa shape index (κ2) is 7.39. The first-order valence-corrected chi connectivity index (χ1v) is 8.67. The van der Waals surface area contributed by atoms with Gasteiger partial charge in [-0.15, -0.1) is 11.3 Å². The zero-order valence-corrected chi connectivity index (χ0v) is 14.7. The molecule has 0 saturated heterocycles. The summed E-state index contributed by atoms with van der Waals surface area (Å²) >= 11 is 4.84. The minimum atomic E-state index is -0.302. The van der Waals surface area contributed by atoms with Crippen molar-refractivity contribution >= 4 is 38.5 Å². The van der Waals surface area contributed by atoms with Gasteiger partial charge < -0.3 is 5.32 Å². The fourth-order valence-electron chi connectivity index (χ4n) is 2.02.